The first-order valence-corrected chi connectivity index (χ1v) is 4.97. The minimum atomic E-state index is 0. The quantitative estimate of drug-likeness (QED) is 0.516. The molecule has 2 N–H and O–H groups in total. The Morgan fingerprint density at radius 1 is 1.50 bits per heavy atom. The van der Waals surface area contributed by atoms with Crippen molar-refractivity contribution in [2.45, 2.75) is 26.8 Å². The maximum absolute atomic E-state index is 5.67. The van der Waals surface area contributed by atoms with Crippen LogP contribution in [-0.4, -0.2) is 29.9 Å². The molecule has 0 aliphatic rings. The van der Waals surface area contributed by atoms with Crippen molar-refractivity contribution in [1.82, 2.24) is 9.88 Å². The standard InChI is InChI=1S/C10H18N4O.HI/c1-5-9-13-7(2)8(15-9)6-12-10(11)14(3)4;/h5-6H2,1-4H3,(H2,11,12);1H. The number of hydrogen-bond acceptors (Lipinski definition) is 3. The summed E-state index contributed by atoms with van der Waals surface area (Å²) in [5, 5.41) is 0. The Morgan fingerprint density at radius 2 is 2.12 bits per heavy atom. The van der Waals surface area contributed by atoms with Crippen LogP contribution in [0.25, 0.3) is 0 Å². The summed E-state index contributed by atoms with van der Waals surface area (Å²) in [7, 11) is 3.70. The molecule has 0 atom stereocenters. The van der Waals surface area contributed by atoms with Crippen molar-refractivity contribution < 1.29 is 4.42 Å². The SMILES string of the molecule is CCc1nc(C)c(CN=C(N)N(C)C)o1.I. The molecule has 5 nitrogen and oxygen atoms in total. The summed E-state index contributed by atoms with van der Waals surface area (Å²) >= 11 is 0. The maximum Gasteiger partial charge on any atom is 0.194 e. The molecule has 1 heterocycles. The first-order valence-electron chi connectivity index (χ1n) is 4.97. The van der Waals surface area contributed by atoms with Gasteiger partial charge in [0.25, 0.3) is 0 Å². The van der Waals surface area contributed by atoms with E-state index in [1.165, 1.54) is 0 Å². The Kier molecular flexibility index (Phi) is 6.39. The van der Waals surface area contributed by atoms with Gasteiger partial charge in [-0.2, -0.15) is 0 Å². The molecule has 0 unspecified atom stereocenters. The second kappa shape index (κ2) is 6.72. The monoisotopic (exact) mass is 338 g/mol. The van der Waals surface area contributed by atoms with Gasteiger partial charge in [-0.25, -0.2) is 9.98 Å². The highest BCUT2D eigenvalue weighted by molar-refractivity contribution is 14.0. The summed E-state index contributed by atoms with van der Waals surface area (Å²) < 4.78 is 5.50. The fourth-order valence-corrected chi connectivity index (χ4v) is 1.08. The number of nitrogens with zero attached hydrogens (tertiary/aromatic N) is 3. The van der Waals surface area contributed by atoms with Crippen LogP contribution in [0.2, 0.25) is 0 Å². The number of halogens is 1. The smallest absolute Gasteiger partial charge is 0.194 e. The summed E-state index contributed by atoms with van der Waals surface area (Å²) in [5.41, 5.74) is 6.56. The second-order valence-electron chi connectivity index (χ2n) is 3.54. The lowest BCUT2D eigenvalue weighted by Crippen LogP contribution is -2.30. The lowest BCUT2D eigenvalue weighted by atomic mass is 10.4. The highest BCUT2D eigenvalue weighted by Crippen LogP contribution is 2.11. The van der Waals surface area contributed by atoms with Crippen molar-refractivity contribution in [2.75, 3.05) is 14.1 Å². The third kappa shape index (κ3) is 3.99. The Bertz CT molecular complexity index is 360. The van der Waals surface area contributed by atoms with Crippen molar-refractivity contribution in [1.29, 1.82) is 0 Å². The molecule has 0 bridgehead atoms. The third-order valence-corrected chi connectivity index (χ3v) is 2.08. The first-order chi connectivity index (χ1) is 7.04. The van der Waals surface area contributed by atoms with Gasteiger partial charge in [0.05, 0.1) is 5.69 Å². The van der Waals surface area contributed by atoms with Crippen molar-refractivity contribution in [3.63, 3.8) is 0 Å². The summed E-state index contributed by atoms with van der Waals surface area (Å²) in [6, 6.07) is 0. The van der Waals surface area contributed by atoms with Crippen LogP contribution in [0.4, 0.5) is 0 Å². The van der Waals surface area contributed by atoms with E-state index in [9.17, 15) is 0 Å². The molecule has 0 amide bonds. The number of oxazole rings is 1. The number of aromatic nitrogens is 1. The number of aryl methyl sites for hydroxylation is 2. The fraction of sp³-hybridized carbons (Fsp3) is 0.600. The molecule has 1 rings (SSSR count). The van der Waals surface area contributed by atoms with Gasteiger partial charge in [0.2, 0.25) is 0 Å². The van der Waals surface area contributed by atoms with Crippen molar-refractivity contribution >= 4 is 29.9 Å². The lowest BCUT2D eigenvalue weighted by Gasteiger charge is -2.09. The molecule has 0 aromatic carbocycles. The second-order valence-corrected chi connectivity index (χ2v) is 3.54. The van der Waals surface area contributed by atoms with E-state index >= 15 is 0 Å². The molecule has 0 spiro atoms. The molecule has 92 valence electrons. The summed E-state index contributed by atoms with van der Waals surface area (Å²) in [6.45, 7) is 4.37. The van der Waals surface area contributed by atoms with Gasteiger partial charge in [0.15, 0.2) is 11.9 Å². The minimum absolute atomic E-state index is 0. The van der Waals surface area contributed by atoms with Crippen LogP contribution in [0.15, 0.2) is 9.41 Å². The molecule has 0 radical (unpaired) electrons. The van der Waals surface area contributed by atoms with E-state index in [0.717, 1.165) is 23.8 Å². The van der Waals surface area contributed by atoms with Crippen molar-refractivity contribution in [2.24, 2.45) is 10.7 Å². The predicted molar refractivity (Wildman–Crippen MR) is 75.0 cm³/mol. The summed E-state index contributed by atoms with van der Waals surface area (Å²) in [6.07, 6.45) is 0.799. The van der Waals surface area contributed by atoms with Crippen molar-refractivity contribution in [3.05, 3.63) is 17.3 Å². The predicted octanol–water partition coefficient (Wildman–Crippen LogP) is 1.54. The Morgan fingerprint density at radius 3 is 2.56 bits per heavy atom. The lowest BCUT2D eigenvalue weighted by molar-refractivity contribution is 0.459. The van der Waals surface area contributed by atoms with Gasteiger partial charge in [-0.1, -0.05) is 6.92 Å². The Labute approximate surface area is 113 Å². The van der Waals surface area contributed by atoms with Gasteiger partial charge in [0.1, 0.15) is 12.3 Å². The third-order valence-electron chi connectivity index (χ3n) is 2.08. The molecule has 1 aromatic heterocycles. The van der Waals surface area contributed by atoms with E-state index in [4.69, 9.17) is 10.2 Å². The van der Waals surface area contributed by atoms with Crippen LogP contribution in [0.1, 0.15) is 24.3 Å². The van der Waals surface area contributed by atoms with Crippen LogP contribution in [0, 0.1) is 6.92 Å². The molecule has 6 heteroatoms. The maximum atomic E-state index is 5.67. The number of nitrogens with two attached hydrogens (primary N) is 1. The van der Waals surface area contributed by atoms with Crippen LogP contribution < -0.4 is 5.73 Å². The Hall–Kier alpha value is -0.790. The van der Waals surface area contributed by atoms with Gasteiger partial charge >= 0.3 is 0 Å². The molecule has 16 heavy (non-hydrogen) atoms. The van der Waals surface area contributed by atoms with E-state index in [1.54, 1.807) is 4.90 Å². The van der Waals surface area contributed by atoms with Crippen molar-refractivity contribution in [3.8, 4) is 0 Å². The normalized spacial score (nSPS) is 11.1. The van der Waals surface area contributed by atoms with Gasteiger partial charge in [-0.3, -0.25) is 0 Å². The number of aliphatic imine (C=N–C) groups is 1. The average Bonchev–Trinajstić information content (AvgIpc) is 2.55. The molecule has 0 aliphatic carbocycles. The fourth-order valence-electron chi connectivity index (χ4n) is 1.08. The zero-order valence-corrected chi connectivity index (χ0v) is 12.5. The molecule has 0 saturated carbocycles. The highest BCUT2D eigenvalue weighted by Gasteiger charge is 2.07. The molecular weight excluding hydrogens is 319 g/mol. The minimum Gasteiger partial charge on any atom is -0.443 e. The zero-order chi connectivity index (χ0) is 11.4. The Balaban J connectivity index is 0.00000225. The number of rotatable bonds is 3. The van der Waals surface area contributed by atoms with Crippen LogP contribution in [0.5, 0.6) is 0 Å². The number of guanidine groups is 1. The molecule has 0 saturated heterocycles. The molecule has 0 aliphatic heterocycles. The number of hydrogen-bond donors (Lipinski definition) is 1. The zero-order valence-electron chi connectivity index (χ0n) is 10.1. The van der Waals surface area contributed by atoms with Gasteiger partial charge in [-0.05, 0) is 6.92 Å². The largest absolute Gasteiger partial charge is 0.443 e. The van der Waals surface area contributed by atoms with E-state index in [1.807, 2.05) is 27.9 Å². The van der Waals surface area contributed by atoms with Gasteiger partial charge in [-0.15, -0.1) is 24.0 Å². The van der Waals surface area contributed by atoms with E-state index in [0.29, 0.717) is 12.5 Å². The highest BCUT2D eigenvalue weighted by atomic mass is 127. The summed E-state index contributed by atoms with van der Waals surface area (Å²) in [4.78, 5) is 10.2. The molecular formula is C10H19IN4O. The van der Waals surface area contributed by atoms with Gasteiger partial charge in [0, 0.05) is 20.5 Å². The van der Waals surface area contributed by atoms with Crippen LogP contribution in [-0.2, 0) is 13.0 Å². The van der Waals surface area contributed by atoms with E-state index in [2.05, 4.69) is 9.98 Å². The average molecular weight is 338 g/mol. The van der Waals surface area contributed by atoms with Crippen LogP contribution >= 0.6 is 24.0 Å². The van der Waals surface area contributed by atoms with Gasteiger partial charge < -0.3 is 15.1 Å². The van der Waals surface area contributed by atoms with E-state index in [-0.39, 0.29) is 24.0 Å². The molecule has 0 fully saturated rings. The van der Waals surface area contributed by atoms with E-state index < -0.39 is 0 Å². The first kappa shape index (κ1) is 15.2. The summed E-state index contributed by atoms with van der Waals surface area (Å²) in [5.74, 6) is 2.03. The topological polar surface area (TPSA) is 67.7 Å². The molecule has 1 aromatic rings. The van der Waals surface area contributed by atoms with Crippen LogP contribution in [0.3, 0.4) is 0 Å².